The second-order valence-electron chi connectivity index (χ2n) is 6.99. The Morgan fingerprint density at radius 2 is 1.86 bits per heavy atom. The number of likely N-dealkylation sites (tertiary alicyclic amines) is 1. The van der Waals surface area contributed by atoms with Crippen LogP contribution < -0.4 is 0 Å². The van der Waals surface area contributed by atoms with E-state index in [-0.39, 0.29) is 12.3 Å². The van der Waals surface area contributed by atoms with Gasteiger partial charge in [0.15, 0.2) is 17.5 Å². The van der Waals surface area contributed by atoms with E-state index in [1.807, 2.05) is 0 Å². The highest BCUT2D eigenvalue weighted by Crippen LogP contribution is 2.37. The van der Waals surface area contributed by atoms with Gasteiger partial charge in [0, 0.05) is 30.1 Å². The summed E-state index contributed by atoms with van der Waals surface area (Å²) in [5.41, 5.74) is 0.378. The average molecular weight is 411 g/mol. The third kappa shape index (κ3) is 3.52. The summed E-state index contributed by atoms with van der Waals surface area (Å²) in [4.78, 5) is 21.6. The molecule has 0 spiro atoms. The SMILES string of the molecule is Cc1cc(C2CN(C(=O)c3cc(F)c(F)c(F)c3)CC(F)(F)C2)n2ncnc2n1. The Hall–Kier alpha value is -3.11. The lowest BCUT2D eigenvalue weighted by Gasteiger charge is -2.37. The van der Waals surface area contributed by atoms with Crippen LogP contribution in [0.5, 0.6) is 0 Å². The Morgan fingerprint density at radius 1 is 1.17 bits per heavy atom. The molecule has 4 rings (SSSR count). The number of hydrogen-bond acceptors (Lipinski definition) is 4. The summed E-state index contributed by atoms with van der Waals surface area (Å²) in [6.07, 6.45) is 0.681. The van der Waals surface area contributed by atoms with Crippen molar-refractivity contribution in [3.05, 3.63) is 58.9 Å². The van der Waals surface area contributed by atoms with E-state index in [9.17, 15) is 26.7 Å². The van der Waals surface area contributed by atoms with Gasteiger partial charge in [0.2, 0.25) is 0 Å². The summed E-state index contributed by atoms with van der Waals surface area (Å²) in [6, 6.07) is 2.57. The Bertz CT molecular complexity index is 1090. The van der Waals surface area contributed by atoms with Crippen LogP contribution in [0.3, 0.4) is 0 Å². The number of piperidine rings is 1. The quantitative estimate of drug-likeness (QED) is 0.480. The number of amides is 1. The van der Waals surface area contributed by atoms with Crippen LogP contribution in [0.4, 0.5) is 22.0 Å². The van der Waals surface area contributed by atoms with Gasteiger partial charge in [0.25, 0.3) is 17.6 Å². The lowest BCUT2D eigenvalue weighted by atomic mass is 9.91. The molecule has 0 aliphatic carbocycles. The fourth-order valence-electron chi connectivity index (χ4n) is 3.56. The molecule has 1 amide bonds. The van der Waals surface area contributed by atoms with Crippen molar-refractivity contribution in [1.29, 1.82) is 0 Å². The van der Waals surface area contributed by atoms with Gasteiger partial charge in [-0.1, -0.05) is 0 Å². The van der Waals surface area contributed by atoms with E-state index in [1.54, 1.807) is 13.0 Å². The number of fused-ring (bicyclic) bond motifs is 1. The van der Waals surface area contributed by atoms with Gasteiger partial charge in [0.05, 0.1) is 12.2 Å². The van der Waals surface area contributed by atoms with Crippen molar-refractivity contribution in [2.45, 2.75) is 25.2 Å². The monoisotopic (exact) mass is 411 g/mol. The van der Waals surface area contributed by atoms with Crippen molar-refractivity contribution in [2.75, 3.05) is 13.1 Å². The molecular formula is C18H14F5N5O. The van der Waals surface area contributed by atoms with Gasteiger partial charge >= 0.3 is 0 Å². The molecule has 2 aromatic heterocycles. The van der Waals surface area contributed by atoms with E-state index in [2.05, 4.69) is 15.1 Å². The van der Waals surface area contributed by atoms with E-state index in [1.165, 1.54) is 10.8 Å². The smallest absolute Gasteiger partial charge is 0.266 e. The minimum atomic E-state index is -3.25. The fraction of sp³-hybridized carbons (Fsp3) is 0.333. The van der Waals surface area contributed by atoms with Crippen LogP contribution in [0, 0.1) is 24.4 Å². The van der Waals surface area contributed by atoms with E-state index in [4.69, 9.17) is 0 Å². The molecule has 3 heterocycles. The Morgan fingerprint density at radius 3 is 2.55 bits per heavy atom. The van der Waals surface area contributed by atoms with Gasteiger partial charge in [-0.3, -0.25) is 4.79 Å². The highest BCUT2D eigenvalue weighted by molar-refractivity contribution is 5.94. The fourth-order valence-corrected chi connectivity index (χ4v) is 3.56. The maximum atomic E-state index is 14.5. The number of rotatable bonds is 2. The largest absolute Gasteiger partial charge is 0.332 e. The summed E-state index contributed by atoms with van der Waals surface area (Å²) in [5, 5.41) is 4.00. The number of aromatic nitrogens is 4. The van der Waals surface area contributed by atoms with Crippen LogP contribution in [-0.4, -0.2) is 49.4 Å². The third-order valence-corrected chi connectivity index (χ3v) is 4.75. The van der Waals surface area contributed by atoms with Crippen molar-refractivity contribution in [3.8, 4) is 0 Å². The second-order valence-corrected chi connectivity index (χ2v) is 6.99. The lowest BCUT2D eigenvalue weighted by Crippen LogP contribution is -2.49. The van der Waals surface area contributed by atoms with E-state index in [0.717, 1.165) is 4.90 Å². The van der Waals surface area contributed by atoms with Crippen LogP contribution in [0.1, 0.15) is 34.1 Å². The molecule has 1 unspecified atom stereocenters. The molecule has 29 heavy (non-hydrogen) atoms. The van der Waals surface area contributed by atoms with Gasteiger partial charge in [-0.2, -0.15) is 10.1 Å². The lowest BCUT2D eigenvalue weighted by molar-refractivity contribution is -0.0641. The first-order valence-electron chi connectivity index (χ1n) is 8.63. The molecule has 1 fully saturated rings. The van der Waals surface area contributed by atoms with Gasteiger partial charge in [-0.25, -0.2) is 31.5 Å². The third-order valence-electron chi connectivity index (χ3n) is 4.75. The Balaban J connectivity index is 1.71. The molecule has 11 heteroatoms. The number of alkyl halides is 2. The first-order chi connectivity index (χ1) is 13.6. The van der Waals surface area contributed by atoms with Crippen molar-refractivity contribution in [1.82, 2.24) is 24.5 Å². The molecule has 6 nitrogen and oxygen atoms in total. The van der Waals surface area contributed by atoms with Crippen LogP contribution in [0.15, 0.2) is 24.5 Å². The van der Waals surface area contributed by atoms with Crippen LogP contribution in [-0.2, 0) is 0 Å². The predicted molar refractivity (Wildman–Crippen MR) is 90.0 cm³/mol. The number of carbonyl (C=O) groups is 1. The number of aryl methyl sites for hydroxylation is 1. The van der Waals surface area contributed by atoms with Gasteiger partial charge in [-0.15, -0.1) is 0 Å². The van der Waals surface area contributed by atoms with Crippen molar-refractivity contribution < 1.29 is 26.7 Å². The van der Waals surface area contributed by atoms with E-state index in [0.29, 0.717) is 23.5 Å². The normalized spacial score (nSPS) is 19.0. The molecule has 0 saturated carbocycles. The summed E-state index contributed by atoms with van der Waals surface area (Å²) in [7, 11) is 0. The topological polar surface area (TPSA) is 63.4 Å². The number of hydrogen-bond donors (Lipinski definition) is 0. The standard InChI is InChI=1S/C18H14F5N5O/c1-9-2-14(28-17(26-9)24-8-25-28)11-5-18(22,23)7-27(6-11)16(29)10-3-12(19)15(21)13(20)4-10/h2-4,8,11H,5-7H2,1H3. The number of nitrogens with zero attached hydrogens (tertiary/aromatic N) is 5. The molecule has 0 radical (unpaired) electrons. The first kappa shape index (κ1) is 19.2. The Labute approximate surface area is 161 Å². The second kappa shape index (κ2) is 6.75. The van der Waals surface area contributed by atoms with Crippen molar-refractivity contribution in [3.63, 3.8) is 0 Å². The highest BCUT2D eigenvalue weighted by atomic mass is 19.3. The molecule has 1 aromatic carbocycles. The molecule has 0 N–H and O–H groups in total. The van der Waals surface area contributed by atoms with Gasteiger partial charge in [0.1, 0.15) is 6.33 Å². The highest BCUT2D eigenvalue weighted by Gasteiger charge is 2.43. The molecular weight excluding hydrogens is 397 g/mol. The molecule has 3 aromatic rings. The first-order valence-corrected chi connectivity index (χ1v) is 8.63. The summed E-state index contributed by atoms with van der Waals surface area (Å²) in [5.74, 6) is -9.74. The van der Waals surface area contributed by atoms with E-state index < -0.39 is 53.7 Å². The van der Waals surface area contributed by atoms with Gasteiger partial charge in [-0.05, 0) is 25.1 Å². The van der Waals surface area contributed by atoms with Crippen molar-refractivity contribution >= 4 is 11.7 Å². The van der Waals surface area contributed by atoms with Crippen LogP contribution in [0.25, 0.3) is 5.78 Å². The zero-order valence-corrected chi connectivity index (χ0v) is 15.0. The summed E-state index contributed by atoms with van der Waals surface area (Å²) < 4.78 is 70.4. The summed E-state index contributed by atoms with van der Waals surface area (Å²) in [6.45, 7) is 0.604. The van der Waals surface area contributed by atoms with Crippen LogP contribution >= 0.6 is 0 Å². The maximum absolute atomic E-state index is 14.5. The van der Waals surface area contributed by atoms with Crippen LogP contribution in [0.2, 0.25) is 0 Å². The average Bonchev–Trinajstić information content (AvgIpc) is 3.11. The van der Waals surface area contributed by atoms with Crippen molar-refractivity contribution in [2.24, 2.45) is 0 Å². The number of carbonyl (C=O) groups excluding carboxylic acids is 1. The molecule has 1 aliphatic rings. The Kier molecular flexibility index (Phi) is 4.47. The maximum Gasteiger partial charge on any atom is 0.266 e. The number of benzene rings is 1. The molecule has 0 bridgehead atoms. The minimum absolute atomic E-state index is 0.145. The summed E-state index contributed by atoms with van der Waals surface area (Å²) >= 11 is 0. The zero-order chi connectivity index (χ0) is 20.9. The molecule has 152 valence electrons. The molecule has 1 atom stereocenters. The van der Waals surface area contributed by atoms with E-state index >= 15 is 0 Å². The molecule has 1 saturated heterocycles. The predicted octanol–water partition coefficient (Wildman–Crippen LogP) is 3.12. The minimum Gasteiger partial charge on any atom is -0.332 e. The zero-order valence-electron chi connectivity index (χ0n) is 15.0. The molecule has 1 aliphatic heterocycles. The van der Waals surface area contributed by atoms with Gasteiger partial charge < -0.3 is 4.90 Å². The number of halogens is 5.